The second-order valence-electron chi connectivity index (χ2n) is 12.0. The van der Waals surface area contributed by atoms with Crippen LogP contribution in [-0.4, -0.2) is 78.5 Å². The maximum atomic E-state index is 14.0. The third-order valence-corrected chi connectivity index (χ3v) is 9.19. The van der Waals surface area contributed by atoms with E-state index in [1.807, 2.05) is 9.80 Å². The molecule has 0 bridgehead atoms. The first-order chi connectivity index (χ1) is 20.9. The summed E-state index contributed by atoms with van der Waals surface area (Å²) in [6.07, 6.45) is 3.80. The molecule has 7 N–H and O–H groups in total. The molecule has 44 heavy (non-hydrogen) atoms. The zero-order valence-electron chi connectivity index (χ0n) is 25.6. The van der Waals surface area contributed by atoms with Crippen molar-refractivity contribution in [1.29, 1.82) is 0 Å². The van der Waals surface area contributed by atoms with Gasteiger partial charge in [-0.3, -0.25) is 9.59 Å². The number of carbonyl (C=O) groups is 2. The van der Waals surface area contributed by atoms with Gasteiger partial charge in [0.25, 0.3) is 0 Å². The second kappa shape index (κ2) is 17.9. The molecule has 3 rings (SSSR count). The molecule has 12 heteroatoms. The zero-order chi connectivity index (χ0) is 32.4. The lowest BCUT2D eigenvalue weighted by molar-refractivity contribution is -0.149. The van der Waals surface area contributed by atoms with E-state index in [2.05, 4.69) is 19.2 Å². The number of benzene rings is 2. The molecule has 4 atom stereocenters. The molecule has 2 aromatic rings. The number of piperazine rings is 1. The smallest absolute Gasteiger partial charge is 0.240 e. The Morgan fingerprint density at radius 3 is 1.80 bits per heavy atom. The number of hydrogen-bond donors (Lipinski definition) is 4. The fourth-order valence-corrected chi connectivity index (χ4v) is 6.76. The molecule has 1 fully saturated rings. The number of nitrogens with one attached hydrogen (secondary N) is 1. The van der Waals surface area contributed by atoms with Crippen LogP contribution in [0.1, 0.15) is 50.7 Å². The van der Waals surface area contributed by atoms with Crippen LogP contribution in [0.15, 0.2) is 36.4 Å². The van der Waals surface area contributed by atoms with Crippen LogP contribution in [0.5, 0.6) is 0 Å². The van der Waals surface area contributed by atoms with Gasteiger partial charge in [0.2, 0.25) is 11.8 Å². The quantitative estimate of drug-likeness (QED) is 0.197. The van der Waals surface area contributed by atoms with Crippen LogP contribution < -0.4 is 22.5 Å². The number of amides is 2. The van der Waals surface area contributed by atoms with Crippen LogP contribution in [0.4, 0.5) is 0 Å². The molecule has 1 aliphatic rings. The fraction of sp³-hybridized carbons (Fsp3) is 0.562. The van der Waals surface area contributed by atoms with Crippen molar-refractivity contribution in [3.8, 4) is 0 Å². The Labute approximate surface area is 281 Å². The van der Waals surface area contributed by atoms with Crippen molar-refractivity contribution in [2.75, 3.05) is 32.7 Å². The maximum absolute atomic E-state index is 14.0. The van der Waals surface area contributed by atoms with E-state index in [9.17, 15) is 9.59 Å². The van der Waals surface area contributed by atoms with Gasteiger partial charge >= 0.3 is 0 Å². The van der Waals surface area contributed by atoms with Crippen LogP contribution in [0.3, 0.4) is 0 Å². The Hall–Kier alpha value is -1.62. The van der Waals surface area contributed by atoms with Crippen molar-refractivity contribution in [1.82, 2.24) is 15.1 Å². The highest BCUT2D eigenvalue weighted by molar-refractivity contribution is 6.35. The number of halogens is 4. The standard InChI is InChI=1S/C32H46Cl4N6O2/c1-20(2)13-26-19-41(31(43)29(38)14-21-6-8-23(33)16-27(21)35)25(5-3-4-11-40-12-10-37)18-42(26)32(44)30(39)15-22-7-9-24(34)17-28(22)36/h6-9,16-17,20,25-26,29-30,40H,3-5,10-15,18-19,37-39H2,1-2H3/t25-,26+,29+,30+/m0/s1. The van der Waals surface area contributed by atoms with E-state index in [0.29, 0.717) is 45.6 Å². The number of unbranched alkanes of at least 4 members (excludes halogenated alkanes) is 1. The summed E-state index contributed by atoms with van der Waals surface area (Å²) in [4.78, 5) is 31.7. The summed E-state index contributed by atoms with van der Waals surface area (Å²) in [7, 11) is 0. The lowest BCUT2D eigenvalue weighted by atomic mass is 9.93. The van der Waals surface area contributed by atoms with Gasteiger partial charge in [0.1, 0.15) is 0 Å². The van der Waals surface area contributed by atoms with Crippen LogP contribution >= 0.6 is 46.4 Å². The first-order valence-corrected chi connectivity index (χ1v) is 16.8. The van der Waals surface area contributed by atoms with Crippen molar-refractivity contribution in [3.63, 3.8) is 0 Å². The molecule has 0 radical (unpaired) electrons. The SMILES string of the molecule is CC(C)C[C@@H]1CN(C(=O)[C@H](N)Cc2ccc(Cl)cc2Cl)[C@@H](CCCCNCCN)CN1C(=O)[C@H](N)Cc1ccc(Cl)cc1Cl. The second-order valence-corrected chi connectivity index (χ2v) is 13.7. The number of rotatable bonds is 15. The third kappa shape index (κ3) is 10.7. The van der Waals surface area contributed by atoms with Crippen molar-refractivity contribution < 1.29 is 9.59 Å². The highest BCUT2D eigenvalue weighted by Crippen LogP contribution is 2.28. The predicted octanol–water partition coefficient (Wildman–Crippen LogP) is 4.91. The van der Waals surface area contributed by atoms with Gasteiger partial charge < -0.3 is 32.3 Å². The number of nitrogens with zero attached hydrogens (tertiary/aromatic N) is 2. The maximum Gasteiger partial charge on any atom is 0.240 e. The number of nitrogens with two attached hydrogens (primary N) is 3. The first-order valence-electron chi connectivity index (χ1n) is 15.3. The summed E-state index contributed by atoms with van der Waals surface area (Å²) in [6, 6.07) is 8.40. The van der Waals surface area contributed by atoms with Gasteiger partial charge in [-0.2, -0.15) is 0 Å². The van der Waals surface area contributed by atoms with Crippen molar-refractivity contribution >= 4 is 58.2 Å². The molecule has 0 aliphatic carbocycles. The van der Waals surface area contributed by atoms with Gasteiger partial charge in [0, 0.05) is 58.4 Å². The summed E-state index contributed by atoms with van der Waals surface area (Å²) < 4.78 is 0. The molecule has 0 saturated carbocycles. The summed E-state index contributed by atoms with van der Waals surface area (Å²) in [6.45, 7) is 7.15. The molecule has 0 unspecified atom stereocenters. The molecule has 0 spiro atoms. The highest BCUT2D eigenvalue weighted by atomic mass is 35.5. The van der Waals surface area contributed by atoms with Crippen LogP contribution in [-0.2, 0) is 22.4 Å². The van der Waals surface area contributed by atoms with E-state index >= 15 is 0 Å². The molecule has 1 aliphatic heterocycles. The minimum absolute atomic E-state index is 0.152. The van der Waals surface area contributed by atoms with E-state index in [1.54, 1.807) is 36.4 Å². The Kier molecular flexibility index (Phi) is 15.0. The number of hydrogen-bond acceptors (Lipinski definition) is 6. The Morgan fingerprint density at radius 2 is 1.32 bits per heavy atom. The topological polar surface area (TPSA) is 131 Å². The minimum Gasteiger partial charge on any atom is -0.335 e. The molecule has 0 aromatic heterocycles. The molecule has 8 nitrogen and oxygen atoms in total. The monoisotopic (exact) mass is 686 g/mol. The Balaban J connectivity index is 1.82. The Bertz CT molecular complexity index is 1250. The lowest BCUT2D eigenvalue weighted by Crippen LogP contribution is -2.65. The van der Waals surface area contributed by atoms with Crippen molar-refractivity contribution in [3.05, 3.63) is 67.6 Å². The van der Waals surface area contributed by atoms with Gasteiger partial charge in [-0.15, -0.1) is 0 Å². The molecule has 244 valence electrons. The zero-order valence-corrected chi connectivity index (χ0v) is 28.6. The van der Waals surface area contributed by atoms with E-state index in [1.165, 1.54) is 0 Å². The minimum atomic E-state index is -0.793. The molecule has 1 heterocycles. The van der Waals surface area contributed by atoms with Gasteiger partial charge in [-0.1, -0.05) is 78.8 Å². The summed E-state index contributed by atoms with van der Waals surface area (Å²) in [5.41, 5.74) is 20.2. The van der Waals surface area contributed by atoms with Crippen LogP contribution in [0.2, 0.25) is 20.1 Å². The van der Waals surface area contributed by atoms with Crippen LogP contribution in [0, 0.1) is 5.92 Å². The van der Waals surface area contributed by atoms with E-state index in [4.69, 9.17) is 63.6 Å². The highest BCUT2D eigenvalue weighted by Gasteiger charge is 2.41. The largest absolute Gasteiger partial charge is 0.335 e. The van der Waals surface area contributed by atoms with Gasteiger partial charge in [0.05, 0.1) is 12.1 Å². The van der Waals surface area contributed by atoms with Crippen molar-refractivity contribution in [2.45, 2.75) is 76.5 Å². The van der Waals surface area contributed by atoms with E-state index < -0.39 is 12.1 Å². The first kappa shape index (κ1) is 36.8. The number of carbonyl (C=O) groups excluding carboxylic acids is 2. The van der Waals surface area contributed by atoms with Gasteiger partial charge in [0.15, 0.2) is 0 Å². The van der Waals surface area contributed by atoms with Gasteiger partial charge in [-0.05, 0) is 80.0 Å². The predicted molar refractivity (Wildman–Crippen MR) is 183 cm³/mol. The summed E-state index contributed by atoms with van der Waals surface area (Å²) >= 11 is 24.9. The summed E-state index contributed by atoms with van der Waals surface area (Å²) in [5, 5.41) is 5.31. The molecular formula is C32H46Cl4N6O2. The van der Waals surface area contributed by atoms with E-state index in [-0.39, 0.29) is 36.7 Å². The summed E-state index contributed by atoms with van der Waals surface area (Å²) in [5.74, 6) is -0.0121. The molecule has 2 amide bonds. The third-order valence-electron chi connectivity index (χ3n) is 8.01. The van der Waals surface area contributed by atoms with E-state index in [0.717, 1.165) is 49.9 Å². The molecule has 2 aromatic carbocycles. The van der Waals surface area contributed by atoms with Crippen LogP contribution in [0.25, 0.3) is 0 Å². The molecular weight excluding hydrogens is 642 g/mol. The normalized spacial score (nSPS) is 18.5. The van der Waals surface area contributed by atoms with Gasteiger partial charge in [-0.25, -0.2) is 0 Å². The van der Waals surface area contributed by atoms with Crippen molar-refractivity contribution in [2.24, 2.45) is 23.1 Å². The Morgan fingerprint density at radius 1 is 0.818 bits per heavy atom. The molecule has 1 saturated heterocycles. The lowest BCUT2D eigenvalue weighted by Gasteiger charge is -2.48. The average Bonchev–Trinajstić information content (AvgIpc) is 2.97. The average molecular weight is 689 g/mol. The fourth-order valence-electron chi connectivity index (χ4n) is 5.79.